The molecule has 1 saturated heterocycles. The predicted molar refractivity (Wildman–Crippen MR) is 95.6 cm³/mol. The molecule has 0 bridgehead atoms. The predicted octanol–water partition coefficient (Wildman–Crippen LogP) is 3.50. The third kappa shape index (κ3) is 2.71. The van der Waals surface area contributed by atoms with E-state index in [2.05, 4.69) is 14.5 Å². The molecule has 3 aromatic rings. The van der Waals surface area contributed by atoms with E-state index in [-0.39, 0.29) is 11.7 Å². The van der Waals surface area contributed by atoms with Crippen molar-refractivity contribution in [3.05, 3.63) is 48.0 Å². The highest BCUT2D eigenvalue weighted by molar-refractivity contribution is 5.77. The highest BCUT2D eigenvalue weighted by atomic mass is 19.1. The Kier molecular flexibility index (Phi) is 4.03. The van der Waals surface area contributed by atoms with E-state index in [1.54, 1.807) is 12.3 Å². The lowest BCUT2D eigenvalue weighted by Crippen LogP contribution is -2.34. The zero-order valence-corrected chi connectivity index (χ0v) is 14.4. The number of pyridine rings is 1. The Balaban J connectivity index is 1.54. The highest BCUT2D eigenvalue weighted by Gasteiger charge is 2.26. The van der Waals surface area contributed by atoms with Gasteiger partial charge >= 0.3 is 0 Å². The minimum Gasteiger partial charge on any atom is -0.494 e. The number of aryl methyl sites for hydroxylation is 1. The molecule has 0 N–H and O–H groups in total. The van der Waals surface area contributed by atoms with Gasteiger partial charge in [-0.3, -0.25) is 4.98 Å². The summed E-state index contributed by atoms with van der Waals surface area (Å²) in [6, 6.07) is 7.33. The summed E-state index contributed by atoms with van der Waals surface area (Å²) < 4.78 is 21.7. The standard InChI is InChI=1S/C19H21FN4O/c1-23-16-12-21-9-6-15(16)22-19(23)24-10-7-13(8-11-24)14-4-3-5-17(25-2)18(14)20/h3-6,9,12-13H,7-8,10-11H2,1-2H3. The largest absolute Gasteiger partial charge is 0.494 e. The van der Waals surface area contributed by atoms with Gasteiger partial charge in [0, 0.05) is 26.3 Å². The molecule has 0 spiro atoms. The van der Waals surface area contributed by atoms with E-state index in [1.807, 2.05) is 31.4 Å². The lowest BCUT2D eigenvalue weighted by atomic mass is 9.89. The molecule has 6 heteroatoms. The van der Waals surface area contributed by atoms with Crippen LogP contribution in [0.5, 0.6) is 5.75 Å². The Morgan fingerprint density at radius 2 is 2.00 bits per heavy atom. The molecule has 2 aromatic heterocycles. The van der Waals surface area contributed by atoms with Crippen molar-refractivity contribution in [2.45, 2.75) is 18.8 Å². The van der Waals surface area contributed by atoms with Crippen LogP contribution < -0.4 is 9.64 Å². The van der Waals surface area contributed by atoms with Crippen LogP contribution in [0.15, 0.2) is 36.7 Å². The number of hydrogen-bond acceptors (Lipinski definition) is 4. The maximum atomic E-state index is 14.5. The van der Waals surface area contributed by atoms with Crippen LogP contribution in [0.1, 0.15) is 24.3 Å². The molecule has 1 aliphatic heterocycles. The Bertz CT molecular complexity index is 900. The maximum Gasteiger partial charge on any atom is 0.206 e. The van der Waals surface area contributed by atoms with Crippen molar-refractivity contribution in [1.82, 2.24) is 14.5 Å². The highest BCUT2D eigenvalue weighted by Crippen LogP contribution is 2.34. The van der Waals surface area contributed by atoms with Crippen molar-refractivity contribution in [2.75, 3.05) is 25.1 Å². The topological polar surface area (TPSA) is 43.2 Å². The quantitative estimate of drug-likeness (QED) is 0.732. The van der Waals surface area contributed by atoms with Gasteiger partial charge in [0.2, 0.25) is 5.95 Å². The summed E-state index contributed by atoms with van der Waals surface area (Å²) in [5.74, 6) is 1.26. The van der Waals surface area contributed by atoms with Gasteiger partial charge in [0.25, 0.3) is 0 Å². The van der Waals surface area contributed by atoms with Crippen LogP contribution in [0.2, 0.25) is 0 Å². The van der Waals surface area contributed by atoms with E-state index in [4.69, 9.17) is 9.72 Å². The SMILES string of the molecule is COc1cccc(C2CCN(c3nc4ccncc4n3C)CC2)c1F. The number of piperidine rings is 1. The number of ether oxygens (including phenoxy) is 1. The molecule has 0 atom stereocenters. The summed E-state index contributed by atoms with van der Waals surface area (Å²) in [7, 11) is 3.52. The van der Waals surface area contributed by atoms with Crippen LogP contribution in [-0.4, -0.2) is 34.7 Å². The Hall–Kier alpha value is -2.63. The Morgan fingerprint density at radius 1 is 1.20 bits per heavy atom. The van der Waals surface area contributed by atoms with Gasteiger partial charge in [-0.2, -0.15) is 0 Å². The van der Waals surface area contributed by atoms with Gasteiger partial charge in [0.15, 0.2) is 11.6 Å². The third-order valence-electron chi connectivity index (χ3n) is 5.09. The zero-order valence-electron chi connectivity index (χ0n) is 14.4. The molecule has 0 saturated carbocycles. The molecule has 1 fully saturated rings. The number of hydrogen-bond donors (Lipinski definition) is 0. The van der Waals surface area contributed by atoms with Gasteiger partial charge in [-0.25, -0.2) is 9.37 Å². The van der Waals surface area contributed by atoms with Gasteiger partial charge in [-0.1, -0.05) is 12.1 Å². The number of nitrogens with zero attached hydrogens (tertiary/aromatic N) is 4. The second kappa shape index (κ2) is 6.35. The van der Waals surface area contributed by atoms with E-state index in [0.29, 0.717) is 5.75 Å². The number of anilines is 1. The van der Waals surface area contributed by atoms with E-state index < -0.39 is 0 Å². The fraction of sp³-hybridized carbons (Fsp3) is 0.368. The molecule has 3 heterocycles. The molecule has 1 aromatic carbocycles. The smallest absolute Gasteiger partial charge is 0.206 e. The summed E-state index contributed by atoms with van der Waals surface area (Å²) in [5.41, 5.74) is 2.74. The first-order chi connectivity index (χ1) is 12.2. The zero-order chi connectivity index (χ0) is 17.4. The summed E-state index contributed by atoms with van der Waals surface area (Å²) in [6.07, 6.45) is 5.39. The van der Waals surface area contributed by atoms with Crippen molar-refractivity contribution in [3.8, 4) is 5.75 Å². The van der Waals surface area contributed by atoms with Gasteiger partial charge < -0.3 is 14.2 Å². The second-order valence-corrected chi connectivity index (χ2v) is 6.46. The van der Waals surface area contributed by atoms with Gasteiger partial charge in [0.05, 0.1) is 24.3 Å². The van der Waals surface area contributed by atoms with Crippen LogP contribution in [0.4, 0.5) is 10.3 Å². The van der Waals surface area contributed by atoms with Crippen molar-refractivity contribution in [3.63, 3.8) is 0 Å². The molecule has 5 nitrogen and oxygen atoms in total. The Morgan fingerprint density at radius 3 is 2.72 bits per heavy atom. The lowest BCUT2D eigenvalue weighted by Gasteiger charge is -2.33. The van der Waals surface area contributed by atoms with Gasteiger partial charge in [0.1, 0.15) is 0 Å². The minimum absolute atomic E-state index is 0.211. The summed E-state index contributed by atoms with van der Waals surface area (Å²) in [4.78, 5) is 11.2. The molecule has 0 unspecified atom stereocenters. The van der Waals surface area contributed by atoms with Crippen LogP contribution in [-0.2, 0) is 7.05 Å². The number of aromatic nitrogens is 3. The number of benzene rings is 1. The molecular formula is C19H21FN4O. The summed E-state index contributed by atoms with van der Waals surface area (Å²) in [6.45, 7) is 1.71. The van der Waals surface area contributed by atoms with Crippen LogP contribution in [0.3, 0.4) is 0 Å². The van der Waals surface area contributed by atoms with Crippen molar-refractivity contribution in [1.29, 1.82) is 0 Å². The monoisotopic (exact) mass is 340 g/mol. The molecule has 0 radical (unpaired) electrons. The second-order valence-electron chi connectivity index (χ2n) is 6.46. The third-order valence-corrected chi connectivity index (χ3v) is 5.09. The van der Waals surface area contributed by atoms with Gasteiger partial charge in [-0.05, 0) is 36.5 Å². The molecule has 0 aliphatic carbocycles. The minimum atomic E-state index is -0.225. The first-order valence-corrected chi connectivity index (χ1v) is 8.53. The van der Waals surface area contributed by atoms with Crippen molar-refractivity contribution >= 4 is 17.0 Å². The maximum absolute atomic E-state index is 14.5. The first-order valence-electron chi connectivity index (χ1n) is 8.53. The first kappa shape index (κ1) is 15.9. The summed E-state index contributed by atoms with van der Waals surface area (Å²) in [5, 5.41) is 0. The number of rotatable bonds is 3. The molecule has 25 heavy (non-hydrogen) atoms. The van der Waals surface area contributed by atoms with E-state index >= 15 is 0 Å². The fourth-order valence-corrected chi connectivity index (χ4v) is 3.70. The number of fused-ring (bicyclic) bond motifs is 1. The fourth-order valence-electron chi connectivity index (χ4n) is 3.70. The molecule has 130 valence electrons. The van der Waals surface area contributed by atoms with E-state index in [9.17, 15) is 4.39 Å². The number of imidazole rings is 1. The summed E-state index contributed by atoms with van der Waals surface area (Å²) >= 11 is 0. The Labute approximate surface area is 146 Å². The van der Waals surface area contributed by atoms with Crippen LogP contribution in [0, 0.1) is 5.82 Å². The average molecular weight is 340 g/mol. The molecule has 1 aliphatic rings. The lowest BCUT2D eigenvalue weighted by molar-refractivity contribution is 0.378. The molecule has 0 amide bonds. The van der Waals surface area contributed by atoms with Crippen LogP contribution in [0.25, 0.3) is 11.0 Å². The average Bonchev–Trinajstić information content (AvgIpc) is 2.99. The van der Waals surface area contributed by atoms with E-state index in [1.165, 1.54) is 7.11 Å². The van der Waals surface area contributed by atoms with Crippen LogP contribution >= 0.6 is 0 Å². The molecule has 4 rings (SSSR count). The van der Waals surface area contributed by atoms with Gasteiger partial charge in [-0.15, -0.1) is 0 Å². The van der Waals surface area contributed by atoms with E-state index in [0.717, 1.165) is 48.5 Å². The molecular weight excluding hydrogens is 319 g/mol. The van der Waals surface area contributed by atoms with Crippen molar-refractivity contribution < 1.29 is 9.13 Å². The van der Waals surface area contributed by atoms with Crippen molar-refractivity contribution in [2.24, 2.45) is 7.05 Å². The number of halogens is 1. The normalized spacial score (nSPS) is 15.7. The number of methoxy groups -OCH3 is 1.